The second-order valence-electron chi connectivity index (χ2n) is 9.27. The molecule has 1 aromatic carbocycles. The Morgan fingerprint density at radius 2 is 1.72 bits per heavy atom. The number of thiazole rings is 1. The van der Waals surface area contributed by atoms with E-state index in [0.29, 0.717) is 12.3 Å². The van der Waals surface area contributed by atoms with E-state index < -0.39 is 0 Å². The molecule has 0 atom stereocenters. The molecule has 2 aromatic heterocycles. The van der Waals surface area contributed by atoms with Crippen LogP contribution in [0, 0.1) is 0 Å². The average Bonchev–Trinajstić information content (AvgIpc) is 3.29. The first kappa shape index (κ1) is 21.3. The molecule has 0 spiro atoms. The Hall–Kier alpha value is -2.40. The number of benzene rings is 1. The van der Waals surface area contributed by atoms with Crippen LogP contribution in [0.2, 0.25) is 0 Å². The van der Waals surface area contributed by atoms with Gasteiger partial charge in [0.05, 0.1) is 18.0 Å². The molecule has 0 saturated carbocycles. The van der Waals surface area contributed by atoms with Crippen LogP contribution >= 0.6 is 11.3 Å². The molecule has 3 aromatic rings. The Labute approximate surface area is 177 Å². The predicted octanol–water partition coefficient (Wildman–Crippen LogP) is 6.41. The molecule has 0 saturated heterocycles. The highest BCUT2D eigenvalue weighted by atomic mass is 32.1. The van der Waals surface area contributed by atoms with Crippen molar-refractivity contribution in [2.45, 2.75) is 59.3 Å². The molecule has 29 heavy (non-hydrogen) atoms. The van der Waals surface area contributed by atoms with Crippen LogP contribution in [0.1, 0.15) is 70.1 Å². The van der Waals surface area contributed by atoms with E-state index >= 15 is 0 Å². The molecule has 0 aliphatic heterocycles. The SMILES string of the molecule is CCOc1c(C(C)(C)C)cc(-c2csc(-n3cccc3C=O)n2)cc1C(C)(C)C. The first-order chi connectivity index (χ1) is 13.6. The van der Waals surface area contributed by atoms with Crippen molar-refractivity contribution in [3.05, 3.63) is 52.7 Å². The third kappa shape index (κ3) is 4.30. The van der Waals surface area contributed by atoms with Gasteiger partial charge in [-0.15, -0.1) is 11.3 Å². The zero-order chi connectivity index (χ0) is 21.4. The average molecular weight is 411 g/mol. The first-order valence-corrected chi connectivity index (χ1v) is 10.8. The summed E-state index contributed by atoms with van der Waals surface area (Å²) in [5.74, 6) is 0.986. The largest absolute Gasteiger partial charge is 0.493 e. The Balaban J connectivity index is 2.19. The normalized spacial score (nSPS) is 12.2. The predicted molar refractivity (Wildman–Crippen MR) is 121 cm³/mol. The summed E-state index contributed by atoms with van der Waals surface area (Å²) >= 11 is 1.53. The van der Waals surface area contributed by atoms with Crippen molar-refractivity contribution in [1.82, 2.24) is 9.55 Å². The molecule has 3 rings (SSSR count). The van der Waals surface area contributed by atoms with Crippen LogP contribution in [0.3, 0.4) is 0 Å². The number of carbonyl (C=O) groups is 1. The van der Waals surface area contributed by atoms with Gasteiger partial charge in [-0.25, -0.2) is 4.98 Å². The standard InChI is InChI=1S/C24H30N2O2S/c1-8-28-21-18(23(2,3)4)12-16(13-19(21)24(5,6)7)20-15-29-22(25-20)26-11-9-10-17(26)14-27/h9-15H,8H2,1-7H3. The highest BCUT2D eigenvalue weighted by molar-refractivity contribution is 7.12. The number of carbonyl (C=O) groups excluding carboxylic acids is 1. The van der Waals surface area contributed by atoms with E-state index in [-0.39, 0.29) is 10.8 Å². The minimum atomic E-state index is -0.0650. The number of aromatic nitrogens is 2. The number of nitrogens with zero attached hydrogens (tertiary/aromatic N) is 2. The maximum absolute atomic E-state index is 11.3. The van der Waals surface area contributed by atoms with Crippen LogP contribution in [-0.4, -0.2) is 22.4 Å². The van der Waals surface area contributed by atoms with Crippen molar-refractivity contribution in [2.24, 2.45) is 0 Å². The molecule has 4 nitrogen and oxygen atoms in total. The van der Waals surface area contributed by atoms with E-state index in [1.807, 2.05) is 23.8 Å². The molecule has 2 heterocycles. The monoisotopic (exact) mass is 410 g/mol. The van der Waals surface area contributed by atoms with E-state index in [9.17, 15) is 4.79 Å². The highest BCUT2D eigenvalue weighted by Gasteiger charge is 2.28. The van der Waals surface area contributed by atoms with Gasteiger partial charge in [-0.2, -0.15) is 0 Å². The van der Waals surface area contributed by atoms with Crippen LogP contribution in [-0.2, 0) is 10.8 Å². The van der Waals surface area contributed by atoms with Crippen molar-refractivity contribution in [1.29, 1.82) is 0 Å². The number of rotatable bonds is 5. The Kier molecular flexibility index (Phi) is 5.72. The maximum Gasteiger partial charge on any atom is 0.194 e. The fraction of sp³-hybridized carbons (Fsp3) is 0.417. The fourth-order valence-corrected chi connectivity index (χ4v) is 4.20. The summed E-state index contributed by atoms with van der Waals surface area (Å²) < 4.78 is 7.97. The summed E-state index contributed by atoms with van der Waals surface area (Å²) in [4.78, 5) is 16.1. The third-order valence-electron chi connectivity index (χ3n) is 4.89. The molecule has 0 fully saturated rings. The summed E-state index contributed by atoms with van der Waals surface area (Å²) in [7, 11) is 0. The Bertz CT molecular complexity index is 981. The first-order valence-electron chi connectivity index (χ1n) is 9.97. The minimum Gasteiger partial charge on any atom is -0.493 e. The van der Waals surface area contributed by atoms with Crippen LogP contribution in [0.15, 0.2) is 35.8 Å². The van der Waals surface area contributed by atoms with E-state index in [1.54, 1.807) is 6.07 Å². The van der Waals surface area contributed by atoms with Gasteiger partial charge in [0.2, 0.25) is 0 Å². The lowest BCUT2D eigenvalue weighted by molar-refractivity contribution is 0.111. The molecular weight excluding hydrogens is 380 g/mol. The van der Waals surface area contributed by atoms with Crippen LogP contribution in [0.4, 0.5) is 0 Å². The molecule has 0 N–H and O–H groups in total. The Morgan fingerprint density at radius 3 is 2.24 bits per heavy atom. The van der Waals surface area contributed by atoms with Crippen molar-refractivity contribution >= 4 is 17.6 Å². The number of hydrogen-bond acceptors (Lipinski definition) is 4. The van der Waals surface area contributed by atoms with Gasteiger partial charge in [0.15, 0.2) is 11.4 Å². The zero-order valence-corrected chi connectivity index (χ0v) is 19.2. The zero-order valence-electron chi connectivity index (χ0n) is 18.4. The van der Waals surface area contributed by atoms with Gasteiger partial charge in [-0.3, -0.25) is 9.36 Å². The van der Waals surface area contributed by atoms with E-state index in [0.717, 1.165) is 28.4 Å². The smallest absolute Gasteiger partial charge is 0.194 e. The summed E-state index contributed by atoms with van der Waals surface area (Å²) in [6.07, 6.45) is 2.72. The van der Waals surface area contributed by atoms with Crippen molar-refractivity contribution < 1.29 is 9.53 Å². The lowest BCUT2D eigenvalue weighted by Gasteiger charge is -2.30. The lowest BCUT2D eigenvalue weighted by Crippen LogP contribution is -2.20. The van der Waals surface area contributed by atoms with Gasteiger partial charge in [0, 0.05) is 28.3 Å². The van der Waals surface area contributed by atoms with Gasteiger partial charge < -0.3 is 4.74 Å². The summed E-state index contributed by atoms with van der Waals surface area (Å²) in [6, 6.07) is 8.06. The van der Waals surface area contributed by atoms with Gasteiger partial charge >= 0.3 is 0 Å². The molecule has 0 unspecified atom stereocenters. The molecule has 0 radical (unpaired) electrons. The van der Waals surface area contributed by atoms with Gasteiger partial charge in [0.25, 0.3) is 0 Å². The second kappa shape index (κ2) is 7.79. The maximum atomic E-state index is 11.3. The van der Waals surface area contributed by atoms with Crippen LogP contribution < -0.4 is 4.74 Å². The topological polar surface area (TPSA) is 44.1 Å². The third-order valence-corrected chi connectivity index (χ3v) is 5.73. The molecule has 154 valence electrons. The molecule has 0 aliphatic carbocycles. The molecule has 5 heteroatoms. The van der Waals surface area contributed by atoms with Gasteiger partial charge in [-0.1, -0.05) is 41.5 Å². The summed E-state index contributed by atoms with van der Waals surface area (Å²) in [6.45, 7) is 15.9. The lowest BCUT2D eigenvalue weighted by atomic mass is 9.78. The number of hydrogen-bond donors (Lipinski definition) is 0. The molecule has 0 bridgehead atoms. The second-order valence-corrected chi connectivity index (χ2v) is 10.1. The van der Waals surface area contributed by atoms with Crippen molar-refractivity contribution in [3.63, 3.8) is 0 Å². The van der Waals surface area contributed by atoms with Crippen molar-refractivity contribution in [2.75, 3.05) is 6.61 Å². The summed E-state index contributed by atoms with van der Waals surface area (Å²) in [5.41, 5.74) is 4.83. The van der Waals surface area contributed by atoms with Crippen LogP contribution in [0.5, 0.6) is 5.75 Å². The van der Waals surface area contributed by atoms with E-state index in [2.05, 4.69) is 59.1 Å². The minimum absolute atomic E-state index is 0.0650. The number of aldehydes is 1. The molecular formula is C24H30N2O2S. The van der Waals surface area contributed by atoms with Crippen molar-refractivity contribution in [3.8, 4) is 22.1 Å². The molecule has 0 amide bonds. The van der Waals surface area contributed by atoms with E-state index in [4.69, 9.17) is 9.72 Å². The van der Waals surface area contributed by atoms with Crippen LogP contribution in [0.25, 0.3) is 16.4 Å². The quantitative estimate of drug-likeness (QED) is 0.457. The Morgan fingerprint density at radius 1 is 1.10 bits per heavy atom. The fourth-order valence-electron chi connectivity index (χ4n) is 3.36. The van der Waals surface area contributed by atoms with E-state index in [1.165, 1.54) is 22.5 Å². The van der Waals surface area contributed by atoms with Gasteiger partial charge in [0.1, 0.15) is 5.75 Å². The number of ether oxygens (including phenoxy) is 1. The summed E-state index contributed by atoms with van der Waals surface area (Å²) in [5, 5.41) is 2.84. The highest BCUT2D eigenvalue weighted by Crippen LogP contribution is 2.43. The van der Waals surface area contributed by atoms with Gasteiger partial charge in [-0.05, 0) is 42.0 Å². The molecule has 0 aliphatic rings.